The Morgan fingerprint density at radius 1 is 1.29 bits per heavy atom. The van der Waals surface area contributed by atoms with E-state index in [9.17, 15) is 14.4 Å². The molecule has 1 aliphatic carbocycles. The molecule has 7 heteroatoms. The van der Waals surface area contributed by atoms with Crippen LogP contribution in [-0.2, 0) is 9.59 Å². The minimum Gasteiger partial charge on any atom is -0.448 e. The lowest BCUT2D eigenvalue weighted by Gasteiger charge is -2.21. The molecule has 0 bridgehead atoms. The van der Waals surface area contributed by atoms with Crippen molar-refractivity contribution in [2.45, 2.75) is 50.5 Å². The molecule has 1 saturated heterocycles. The molecular formula is C14H17N3O4. The number of nitrogens with one attached hydrogen (secondary N) is 2. The molecule has 2 fully saturated rings. The first-order valence-electron chi connectivity index (χ1n) is 7.23. The molecule has 1 saturated carbocycles. The molecule has 3 rings (SSSR count). The van der Waals surface area contributed by atoms with Crippen molar-refractivity contribution in [1.29, 1.82) is 0 Å². The maximum Gasteiger partial charge on any atom is 0.273 e. The molecule has 0 spiro atoms. The summed E-state index contributed by atoms with van der Waals surface area (Å²) < 4.78 is 5.38. The van der Waals surface area contributed by atoms with Gasteiger partial charge in [0.2, 0.25) is 11.8 Å². The van der Waals surface area contributed by atoms with Crippen molar-refractivity contribution in [3.05, 3.63) is 17.8 Å². The van der Waals surface area contributed by atoms with Gasteiger partial charge in [0.25, 0.3) is 5.91 Å². The van der Waals surface area contributed by atoms with E-state index in [1.54, 1.807) is 0 Å². The third-order valence-corrected chi connectivity index (χ3v) is 4.00. The van der Waals surface area contributed by atoms with Gasteiger partial charge in [-0.1, -0.05) is 12.8 Å². The minimum absolute atomic E-state index is 0.182. The number of aromatic nitrogens is 1. The summed E-state index contributed by atoms with van der Waals surface area (Å²) in [5.74, 6) is -0.338. The molecule has 0 aromatic carbocycles. The van der Waals surface area contributed by atoms with E-state index in [0.717, 1.165) is 25.7 Å². The van der Waals surface area contributed by atoms with Gasteiger partial charge in [0.15, 0.2) is 11.6 Å². The molecule has 1 atom stereocenters. The summed E-state index contributed by atoms with van der Waals surface area (Å²) in [4.78, 5) is 38.9. The smallest absolute Gasteiger partial charge is 0.273 e. The summed E-state index contributed by atoms with van der Waals surface area (Å²) in [6.45, 7) is 0. The summed E-state index contributed by atoms with van der Waals surface area (Å²) in [5, 5.41) is 4.78. The van der Waals surface area contributed by atoms with Crippen molar-refractivity contribution in [1.82, 2.24) is 15.6 Å². The second-order valence-corrected chi connectivity index (χ2v) is 5.53. The number of oxazole rings is 1. The van der Waals surface area contributed by atoms with Gasteiger partial charge in [-0.2, -0.15) is 0 Å². The zero-order valence-electron chi connectivity index (χ0n) is 11.6. The molecule has 2 N–H and O–H groups in total. The fourth-order valence-electron chi connectivity index (χ4n) is 2.82. The highest BCUT2D eigenvalue weighted by Gasteiger charge is 2.29. The number of nitrogens with zero attached hydrogens (tertiary/aromatic N) is 1. The molecule has 2 aliphatic rings. The van der Waals surface area contributed by atoms with Crippen LogP contribution >= 0.6 is 0 Å². The normalized spacial score (nSPS) is 23.1. The zero-order valence-corrected chi connectivity index (χ0v) is 11.6. The van der Waals surface area contributed by atoms with Gasteiger partial charge in [-0.15, -0.1) is 0 Å². The predicted octanol–water partition coefficient (Wildman–Crippen LogP) is 0.867. The third kappa shape index (κ3) is 2.96. The number of amides is 3. The first kappa shape index (κ1) is 13.8. The van der Waals surface area contributed by atoms with Crippen LogP contribution in [0.5, 0.6) is 0 Å². The molecule has 3 amide bonds. The van der Waals surface area contributed by atoms with E-state index in [1.165, 1.54) is 6.26 Å². The van der Waals surface area contributed by atoms with E-state index < -0.39 is 17.9 Å². The molecule has 1 unspecified atom stereocenters. The molecule has 2 heterocycles. The Morgan fingerprint density at radius 3 is 2.76 bits per heavy atom. The molecule has 21 heavy (non-hydrogen) atoms. The van der Waals surface area contributed by atoms with Gasteiger partial charge >= 0.3 is 0 Å². The summed E-state index contributed by atoms with van der Waals surface area (Å²) in [5.41, 5.74) is 0.182. The van der Waals surface area contributed by atoms with Gasteiger partial charge in [0, 0.05) is 12.3 Å². The first-order chi connectivity index (χ1) is 10.1. The number of hydrogen-bond donors (Lipinski definition) is 2. The Bertz CT molecular complexity index is 575. The molecule has 1 aromatic heterocycles. The second kappa shape index (κ2) is 5.67. The van der Waals surface area contributed by atoms with Gasteiger partial charge in [0.05, 0.1) is 0 Å². The Kier molecular flexibility index (Phi) is 3.72. The Morgan fingerprint density at radius 2 is 2.05 bits per heavy atom. The monoisotopic (exact) mass is 291 g/mol. The SMILES string of the molecule is O=C1CCC(NC(=O)c2coc(C3CCCC3)n2)C(=O)N1. The van der Waals surface area contributed by atoms with Gasteiger partial charge in [0.1, 0.15) is 12.3 Å². The molecule has 112 valence electrons. The van der Waals surface area contributed by atoms with E-state index >= 15 is 0 Å². The topological polar surface area (TPSA) is 101 Å². The predicted molar refractivity (Wildman–Crippen MR) is 71.3 cm³/mol. The molecule has 1 aliphatic heterocycles. The van der Waals surface area contributed by atoms with Crippen molar-refractivity contribution in [2.75, 3.05) is 0 Å². The summed E-state index contributed by atoms with van der Waals surface area (Å²) in [7, 11) is 0. The van der Waals surface area contributed by atoms with Crippen molar-refractivity contribution < 1.29 is 18.8 Å². The standard InChI is InChI=1S/C14H17N3O4/c18-11-6-5-9(12(19)17-11)15-13(20)10-7-21-14(16-10)8-3-1-2-4-8/h7-9H,1-6H2,(H,15,20)(H,17,18,19). The van der Waals surface area contributed by atoms with Crippen molar-refractivity contribution >= 4 is 17.7 Å². The minimum atomic E-state index is -0.693. The van der Waals surface area contributed by atoms with E-state index in [4.69, 9.17) is 4.42 Å². The van der Waals surface area contributed by atoms with Crippen LogP contribution in [0.4, 0.5) is 0 Å². The van der Waals surface area contributed by atoms with Gasteiger partial charge < -0.3 is 9.73 Å². The van der Waals surface area contributed by atoms with Crippen LogP contribution in [0.3, 0.4) is 0 Å². The van der Waals surface area contributed by atoms with E-state index in [-0.39, 0.29) is 18.0 Å². The van der Waals surface area contributed by atoms with Crippen LogP contribution in [-0.4, -0.2) is 28.7 Å². The summed E-state index contributed by atoms with van der Waals surface area (Å²) in [6, 6.07) is -0.693. The molecule has 0 radical (unpaired) electrons. The maximum atomic E-state index is 12.1. The first-order valence-corrected chi connectivity index (χ1v) is 7.23. The Balaban J connectivity index is 1.62. The summed E-state index contributed by atoms with van der Waals surface area (Å²) in [6.07, 6.45) is 6.25. The highest BCUT2D eigenvalue weighted by Crippen LogP contribution is 2.33. The quantitative estimate of drug-likeness (QED) is 0.805. The lowest BCUT2D eigenvalue weighted by atomic mass is 10.1. The highest BCUT2D eigenvalue weighted by molar-refractivity contribution is 6.03. The Labute approximate surface area is 121 Å². The average Bonchev–Trinajstić information content (AvgIpc) is 3.10. The number of rotatable bonds is 3. The fraction of sp³-hybridized carbons (Fsp3) is 0.571. The number of carbonyl (C=O) groups is 3. The van der Waals surface area contributed by atoms with Crippen LogP contribution < -0.4 is 10.6 Å². The van der Waals surface area contributed by atoms with Crippen LogP contribution in [0, 0.1) is 0 Å². The summed E-state index contributed by atoms with van der Waals surface area (Å²) >= 11 is 0. The number of imide groups is 1. The Hall–Kier alpha value is -2.18. The van der Waals surface area contributed by atoms with E-state index in [1.807, 2.05) is 0 Å². The van der Waals surface area contributed by atoms with Crippen LogP contribution in [0.25, 0.3) is 0 Å². The van der Waals surface area contributed by atoms with Crippen LogP contribution in [0.1, 0.15) is 60.8 Å². The second-order valence-electron chi connectivity index (χ2n) is 5.53. The number of piperidine rings is 1. The van der Waals surface area contributed by atoms with Crippen molar-refractivity contribution in [3.63, 3.8) is 0 Å². The lowest BCUT2D eigenvalue weighted by molar-refractivity contribution is -0.134. The lowest BCUT2D eigenvalue weighted by Crippen LogP contribution is -2.52. The molecular weight excluding hydrogens is 274 g/mol. The van der Waals surface area contributed by atoms with Crippen LogP contribution in [0.2, 0.25) is 0 Å². The van der Waals surface area contributed by atoms with Crippen molar-refractivity contribution in [2.24, 2.45) is 0 Å². The number of carbonyl (C=O) groups excluding carboxylic acids is 3. The van der Waals surface area contributed by atoms with Crippen molar-refractivity contribution in [3.8, 4) is 0 Å². The average molecular weight is 291 g/mol. The zero-order chi connectivity index (χ0) is 14.8. The number of hydrogen-bond acceptors (Lipinski definition) is 5. The third-order valence-electron chi connectivity index (χ3n) is 4.00. The maximum absolute atomic E-state index is 12.1. The molecule has 1 aromatic rings. The highest BCUT2D eigenvalue weighted by atomic mass is 16.3. The van der Waals surface area contributed by atoms with Gasteiger partial charge in [-0.25, -0.2) is 4.98 Å². The molecule has 7 nitrogen and oxygen atoms in total. The van der Waals surface area contributed by atoms with Gasteiger partial charge in [-0.3, -0.25) is 19.7 Å². The van der Waals surface area contributed by atoms with Gasteiger partial charge in [-0.05, 0) is 19.3 Å². The van der Waals surface area contributed by atoms with E-state index in [2.05, 4.69) is 15.6 Å². The van der Waals surface area contributed by atoms with Crippen LogP contribution in [0.15, 0.2) is 10.7 Å². The fourth-order valence-corrected chi connectivity index (χ4v) is 2.82. The van der Waals surface area contributed by atoms with E-state index in [0.29, 0.717) is 18.2 Å². The largest absolute Gasteiger partial charge is 0.448 e.